The largest absolute Gasteiger partial charge is 0.478 e. The van der Waals surface area contributed by atoms with Gasteiger partial charge in [-0.05, 0) is 24.6 Å². The SMILES string of the molecule is Cc1csc(CNCc2ccc(C(=O)O)cc2Br)n1. The Morgan fingerprint density at radius 3 is 2.84 bits per heavy atom. The predicted octanol–water partition coefficient (Wildman–Crippen LogP) is 3.20. The van der Waals surface area contributed by atoms with Gasteiger partial charge in [0.2, 0.25) is 0 Å². The summed E-state index contributed by atoms with van der Waals surface area (Å²) in [7, 11) is 0. The molecule has 2 aromatic rings. The van der Waals surface area contributed by atoms with Crippen LogP contribution in [0.25, 0.3) is 0 Å². The molecule has 1 aromatic heterocycles. The molecule has 0 atom stereocenters. The Balaban J connectivity index is 1.94. The third-order valence-electron chi connectivity index (χ3n) is 2.56. The first-order valence-electron chi connectivity index (χ1n) is 5.69. The van der Waals surface area contributed by atoms with Crippen LogP contribution in [0.2, 0.25) is 0 Å². The number of thiazole rings is 1. The zero-order valence-electron chi connectivity index (χ0n) is 10.3. The van der Waals surface area contributed by atoms with E-state index in [1.54, 1.807) is 23.5 Å². The number of hydrogen-bond donors (Lipinski definition) is 2. The maximum atomic E-state index is 10.8. The fraction of sp³-hybridized carbons (Fsp3) is 0.231. The van der Waals surface area contributed by atoms with Crippen molar-refractivity contribution in [1.82, 2.24) is 10.3 Å². The molecule has 0 amide bonds. The van der Waals surface area contributed by atoms with E-state index in [-0.39, 0.29) is 5.56 Å². The fourth-order valence-corrected chi connectivity index (χ4v) is 2.87. The highest BCUT2D eigenvalue weighted by Gasteiger charge is 2.06. The molecule has 1 aromatic carbocycles. The lowest BCUT2D eigenvalue weighted by Gasteiger charge is -2.06. The van der Waals surface area contributed by atoms with Gasteiger partial charge in [0.1, 0.15) is 5.01 Å². The number of aromatic nitrogens is 1. The second kappa shape index (κ2) is 6.27. The minimum absolute atomic E-state index is 0.283. The Hall–Kier alpha value is -1.24. The number of aryl methyl sites for hydroxylation is 1. The summed E-state index contributed by atoms with van der Waals surface area (Å²) in [5.74, 6) is -0.918. The van der Waals surface area contributed by atoms with Crippen LogP contribution in [0.1, 0.15) is 26.6 Å². The molecule has 0 saturated carbocycles. The first-order chi connectivity index (χ1) is 9.06. The summed E-state index contributed by atoms with van der Waals surface area (Å²) in [6.45, 7) is 3.35. The molecular weight excluding hydrogens is 328 g/mol. The molecule has 100 valence electrons. The molecule has 1 heterocycles. The Bertz CT molecular complexity index is 598. The molecule has 6 heteroatoms. The van der Waals surface area contributed by atoms with Crippen molar-refractivity contribution in [3.8, 4) is 0 Å². The molecule has 19 heavy (non-hydrogen) atoms. The van der Waals surface area contributed by atoms with Crippen LogP contribution in [-0.4, -0.2) is 16.1 Å². The molecule has 0 saturated heterocycles. The number of benzene rings is 1. The van der Waals surface area contributed by atoms with Crippen molar-refractivity contribution in [2.24, 2.45) is 0 Å². The van der Waals surface area contributed by atoms with Crippen molar-refractivity contribution in [2.45, 2.75) is 20.0 Å². The Morgan fingerprint density at radius 1 is 1.47 bits per heavy atom. The Morgan fingerprint density at radius 2 is 2.26 bits per heavy atom. The smallest absolute Gasteiger partial charge is 0.335 e. The van der Waals surface area contributed by atoms with Crippen molar-refractivity contribution >= 4 is 33.2 Å². The van der Waals surface area contributed by atoms with Crippen molar-refractivity contribution in [3.05, 3.63) is 49.9 Å². The van der Waals surface area contributed by atoms with E-state index in [1.807, 2.05) is 18.4 Å². The van der Waals surface area contributed by atoms with Gasteiger partial charge in [0, 0.05) is 28.6 Å². The second-order valence-corrected chi connectivity index (χ2v) is 5.89. The van der Waals surface area contributed by atoms with Gasteiger partial charge in [0.15, 0.2) is 0 Å². The van der Waals surface area contributed by atoms with Crippen molar-refractivity contribution < 1.29 is 9.90 Å². The van der Waals surface area contributed by atoms with Crippen LogP contribution in [0.4, 0.5) is 0 Å². The van der Waals surface area contributed by atoms with Crippen molar-refractivity contribution in [2.75, 3.05) is 0 Å². The van der Waals surface area contributed by atoms with E-state index in [0.29, 0.717) is 13.1 Å². The summed E-state index contributed by atoms with van der Waals surface area (Å²) in [6, 6.07) is 5.04. The van der Waals surface area contributed by atoms with Gasteiger partial charge >= 0.3 is 5.97 Å². The third-order valence-corrected chi connectivity index (χ3v) is 4.26. The molecule has 2 rings (SSSR count). The van der Waals surface area contributed by atoms with Crippen molar-refractivity contribution in [3.63, 3.8) is 0 Å². The Kier molecular flexibility index (Phi) is 4.68. The molecule has 2 N–H and O–H groups in total. The molecule has 0 bridgehead atoms. The highest BCUT2D eigenvalue weighted by molar-refractivity contribution is 9.10. The molecule has 0 aliphatic rings. The molecular formula is C13H13BrN2O2S. The van der Waals surface area contributed by atoms with Crippen LogP contribution in [0.3, 0.4) is 0 Å². The number of carbonyl (C=O) groups is 1. The molecule has 0 aliphatic carbocycles. The molecule has 0 radical (unpaired) electrons. The van der Waals surface area contributed by atoms with Gasteiger partial charge in [-0.15, -0.1) is 11.3 Å². The quantitative estimate of drug-likeness (QED) is 0.877. The summed E-state index contributed by atoms with van der Waals surface area (Å²) in [6.07, 6.45) is 0. The second-order valence-electron chi connectivity index (χ2n) is 4.10. The zero-order chi connectivity index (χ0) is 13.8. The summed E-state index contributed by atoms with van der Waals surface area (Å²) in [4.78, 5) is 15.2. The predicted molar refractivity (Wildman–Crippen MR) is 78.5 cm³/mol. The van der Waals surface area contributed by atoms with Crippen LogP contribution in [0.15, 0.2) is 28.1 Å². The highest BCUT2D eigenvalue weighted by atomic mass is 79.9. The van der Waals surface area contributed by atoms with Crippen molar-refractivity contribution in [1.29, 1.82) is 0 Å². The van der Waals surface area contributed by atoms with E-state index in [2.05, 4.69) is 26.2 Å². The third kappa shape index (κ3) is 3.86. The van der Waals surface area contributed by atoms with Crippen LogP contribution >= 0.6 is 27.3 Å². The van der Waals surface area contributed by atoms with Gasteiger partial charge in [-0.3, -0.25) is 0 Å². The first-order valence-corrected chi connectivity index (χ1v) is 7.37. The van der Waals surface area contributed by atoms with Crippen LogP contribution < -0.4 is 5.32 Å². The number of carboxylic acids is 1. The maximum absolute atomic E-state index is 10.8. The van der Waals surface area contributed by atoms with E-state index in [4.69, 9.17) is 5.11 Å². The van der Waals surface area contributed by atoms with Crippen LogP contribution in [0.5, 0.6) is 0 Å². The maximum Gasteiger partial charge on any atom is 0.335 e. The molecule has 0 fully saturated rings. The number of nitrogens with one attached hydrogen (secondary N) is 1. The van der Waals surface area contributed by atoms with E-state index in [0.717, 1.165) is 20.7 Å². The van der Waals surface area contributed by atoms with Gasteiger partial charge in [0.25, 0.3) is 0 Å². The average Bonchev–Trinajstić information content (AvgIpc) is 2.77. The van der Waals surface area contributed by atoms with Crippen LogP contribution in [0, 0.1) is 6.92 Å². The van der Waals surface area contributed by atoms with Gasteiger partial charge in [-0.2, -0.15) is 0 Å². The lowest BCUT2D eigenvalue weighted by atomic mass is 10.1. The van der Waals surface area contributed by atoms with Gasteiger partial charge in [0.05, 0.1) is 5.56 Å². The lowest BCUT2D eigenvalue weighted by molar-refractivity contribution is 0.0697. The monoisotopic (exact) mass is 340 g/mol. The molecule has 0 unspecified atom stereocenters. The topological polar surface area (TPSA) is 62.2 Å². The number of rotatable bonds is 5. The van der Waals surface area contributed by atoms with E-state index >= 15 is 0 Å². The Labute approximate surface area is 123 Å². The zero-order valence-corrected chi connectivity index (χ0v) is 12.7. The van der Waals surface area contributed by atoms with Gasteiger partial charge in [-0.25, -0.2) is 9.78 Å². The summed E-state index contributed by atoms with van der Waals surface area (Å²) in [5, 5.41) is 15.2. The van der Waals surface area contributed by atoms with E-state index in [1.165, 1.54) is 0 Å². The standard InChI is InChI=1S/C13H13BrN2O2S/c1-8-7-19-12(16-8)6-15-5-10-3-2-9(13(17)18)4-11(10)14/h2-4,7,15H,5-6H2,1H3,(H,17,18). The van der Waals surface area contributed by atoms with Crippen LogP contribution in [-0.2, 0) is 13.1 Å². The van der Waals surface area contributed by atoms with E-state index < -0.39 is 5.97 Å². The van der Waals surface area contributed by atoms with Gasteiger partial charge in [-0.1, -0.05) is 22.0 Å². The number of halogens is 1. The average molecular weight is 341 g/mol. The fourth-order valence-electron chi connectivity index (χ4n) is 1.61. The minimum atomic E-state index is -0.918. The van der Waals surface area contributed by atoms with E-state index in [9.17, 15) is 4.79 Å². The molecule has 0 spiro atoms. The summed E-state index contributed by atoms with van der Waals surface area (Å²) >= 11 is 5.02. The number of aromatic carboxylic acids is 1. The molecule has 4 nitrogen and oxygen atoms in total. The lowest BCUT2D eigenvalue weighted by Crippen LogP contribution is -2.13. The highest BCUT2D eigenvalue weighted by Crippen LogP contribution is 2.19. The first kappa shape index (κ1) is 14.2. The number of carboxylic acid groups (broad SMARTS) is 1. The normalized spacial score (nSPS) is 10.6. The molecule has 0 aliphatic heterocycles. The summed E-state index contributed by atoms with van der Waals surface area (Å²) < 4.78 is 0.801. The number of hydrogen-bond acceptors (Lipinski definition) is 4. The minimum Gasteiger partial charge on any atom is -0.478 e. The number of nitrogens with zero attached hydrogens (tertiary/aromatic N) is 1. The summed E-state index contributed by atoms with van der Waals surface area (Å²) in [5.41, 5.74) is 2.35. The van der Waals surface area contributed by atoms with Gasteiger partial charge < -0.3 is 10.4 Å².